The molecule has 1 aromatic carbocycles. The maximum absolute atomic E-state index is 12.6. The number of nitrogens with one attached hydrogen (secondary N) is 1. The maximum atomic E-state index is 12.6. The molecule has 0 radical (unpaired) electrons. The van der Waals surface area contributed by atoms with Gasteiger partial charge in [-0.1, -0.05) is 11.3 Å². The number of hydrogen-bond acceptors (Lipinski definition) is 5. The smallest absolute Gasteiger partial charge is 0.443 e. The summed E-state index contributed by atoms with van der Waals surface area (Å²) in [7, 11) is 0. The fourth-order valence-electron chi connectivity index (χ4n) is 3.61. The predicted molar refractivity (Wildman–Crippen MR) is 94.1 cm³/mol. The molecule has 1 aromatic heterocycles. The largest absolute Gasteiger partial charge is 0.445 e. The topological polar surface area (TPSA) is 54.5 Å². The number of carbonyl (C=O) groups is 1. The SMILES string of the molecule is O=C(NC1CN2CCC1CC2)c1ccc(Oc2cnc(C(F)(F)F)s2)cc1. The number of thiazole rings is 1. The number of halogens is 3. The van der Waals surface area contributed by atoms with Crippen LogP contribution in [0.3, 0.4) is 0 Å². The number of rotatable bonds is 4. The van der Waals surface area contributed by atoms with Crippen LogP contribution in [0.2, 0.25) is 0 Å². The Kier molecular flexibility index (Phi) is 4.81. The van der Waals surface area contributed by atoms with E-state index in [1.54, 1.807) is 24.3 Å². The molecule has 2 bridgehead atoms. The van der Waals surface area contributed by atoms with Crippen molar-refractivity contribution in [2.24, 2.45) is 5.92 Å². The molecule has 3 aliphatic heterocycles. The lowest BCUT2D eigenvalue weighted by molar-refractivity contribution is -0.137. The molecule has 1 amide bonds. The number of nitrogens with zero attached hydrogens (tertiary/aromatic N) is 2. The van der Waals surface area contributed by atoms with Crippen molar-refractivity contribution < 1.29 is 22.7 Å². The highest BCUT2D eigenvalue weighted by Gasteiger charge is 2.35. The van der Waals surface area contributed by atoms with Crippen molar-refractivity contribution in [3.63, 3.8) is 0 Å². The van der Waals surface area contributed by atoms with Crippen molar-refractivity contribution in [1.82, 2.24) is 15.2 Å². The third-order valence-electron chi connectivity index (χ3n) is 5.03. The molecule has 2 aromatic rings. The quantitative estimate of drug-likeness (QED) is 0.853. The highest BCUT2D eigenvalue weighted by Crippen LogP contribution is 2.37. The molecule has 3 aliphatic rings. The van der Waals surface area contributed by atoms with E-state index in [0.29, 0.717) is 28.6 Å². The van der Waals surface area contributed by atoms with Gasteiger partial charge in [-0.3, -0.25) is 4.79 Å². The first kappa shape index (κ1) is 18.2. The molecule has 4 heterocycles. The van der Waals surface area contributed by atoms with Crippen LogP contribution in [-0.4, -0.2) is 41.5 Å². The summed E-state index contributed by atoms with van der Waals surface area (Å²) in [6.07, 6.45) is -1.20. The molecule has 0 spiro atoms. The number of hydrogen-bond donors (Lipinski definition) is 1. The Bertz CT molecular complexity index is 814. The standard InChI is InChI=1S/C18H18F3N3O2S/c19-18(20,21)17-22-9-15(27-17)26-13-3-1-12(2-4-13)16(25)23-14-10-24-7-5-11(14)6-8-24/h1-4,9,11,14H,5-8,10H2,(H,23,25). The number of amides is 1. The normalized spacial score (nSPS) is 24.6. The van der Waals surface area contributed by atoms with E-state index < -0.39 is 11.2 Å². The molecule has 3 saturated heterocycles. The Morgan fingerprint density at radius 1 is 1.22 bits per heavy atom. The van der Waals surface area contributed by atoms with E-state index in [2.05, 4.69) is 15.2 Å². The van der Waals surface area contributed by atoms with Crippen LogP contribution in [0.5, 0.6) is 10.8 Å². The summed E-state index contributed by atoms with van der Waals surface area (Å²) in [6.45, 7) is 3.11. The van der Waals surface area contributed by atoms with Gasteiger partial charge in [0.2, 0.25) is 10.1 Å². The van der Waals surface area contributed by atoms with Crippen molar-refractivity contribution in [3.05, 3.63) is 41.0 Å². The van der Waals surface area contributed by atoms with E-state index in [-0.39, 0.29) is 17.0 Å². The van der Waals surface area contributed by atoms with E-state index in [4.69, 9.17) is 4.74 Å². The van der Waals surface area contributed by atoms with Gasteiger partial charge in [-0.25, -0.2) is 4.98 Å². The highest BCUT2D eigenvalue weighted by atomic mass is 32.1. The molecule has 9 heteroatoms. The van der Waals surface area contributed by atoms with Gasteiger partial charge in [-0.2, -0.15) is 13.2 Å². The molecule has 27 heavy (non-hydrogen) atoms. The molecular formula is C18H18F3N3O2S. The average Bonchev–Trinajstić information content (AvgIpc) is 3.12. The number of alkyl halides is 3. The van der Waals surface area contributed by atoms with Crippen LogP contribution in [-0.2, 0) is 6.18 Å². The van der Waals surface area contributed by atoms with E-state index in [0.717, 1.165) is 38.7 Å². The molecule has 0 saturated carbocycles. The summed E-state index contributed by atoms with van der Waals surface area (Å²) < 4.78 is 43.1. The molecule has 3 fully saturated rings. The third-order valence-corrected chi connectivity index (χ3v) is 5.95. The van der Waals surface area contributed by atoms with Gasteiger partial charge >= 0.3 is 6.18 Å². The minimum Gasteiger partial charge on any atom is -0.445 e. The van der Waals surface area contributed by atoms with Gasteiger partial charge in [-0.05, 0) is 56.1 Å². The van der Waals surface area contributed by atoms with Crippen LogP contribution in [0.25, 0.3) is 0 Å². The summed E-state index contributed by atoms with van der Waals surface area (Å²) in [4.78, 5) is 18.1. The number of piperidine rings is 3. The van der Waals surface area contributed by atoms with Crippen LogP contribution in [0.4, 0.5) is 13.2 Å². The molecule has 144 valence electrons. The zero-order valence-corrected chi connectivity index (χ0v) is 15.1. The van der Waals surface area contributed by atoms with Crippen molar-refractivity contribution in [2.45, 2.75) is 25.1 Å². The molecule has 5 rings (SSSR count). The van der Waals surface area contributed by atoms with Gasteiger partial charge in [0.25, 0.3) is 5.91 Å². The first-order valence-electron chi connectivity index (χ1n) is 8.72. The number of ether oxygens (including phenoxy) is 1. The van der Waals surface area contributed by atoms with E-state index in [9.17, 15) is 18.0 Å². The van der Waals surface area contributed by atoms with E-state index in [1.807, 2.05) is 0 Å². The Hall–Kier alpha value is -2.13. The lowest BCUT2D eigenvalue weighted by Crippen LogP contribution is -2.57. The molecule has 1 atom stereocenters. The fraction of sp³-hybridized carbons (Fsp3) is 0.444. The summed E-state index contributed by atoms with van der Waals surface area (Å²) in [5, 5.41) is 2.20. The lowest BCUT2D eigenvalue weighted by atomic mass is 9.84. The number of benzene rings is 1. The number of carbonyl (C=O) groups excluding carboxylic acids is 1. The Balaban J connectivity index is 1.37. The number of aromatic nitrogens is 1. The zero-order chi connectivity index (χ0) is 19.0. The highest BCUT2D eigenvalue weighted by molar-refractivity contribution is 7.13. The van der Waals surface area contributed by atoms with Gasteiger partial charge in [0.05, 0.1) is 6.20 Å². The summed E-state index contributed by atoms with van der Waals surface area (Å²) in [5.41, 5.74) is 0.499. The average molecular weight is 397 g/mol. The van der Waals surface area contributed by atoms with E-state index in [1.165, 1.54) is 0 Å². The molecule has 0 aliphatic carbocycles. The van der Waals surface area contributed by atoms with Crippen molar-refractivity contribution >= 4 is 17.2 Å². The summed E-state index contributed by atoms with van der Waals surface area (Å²) in [5.74, 6) is 0.750. The van der Waals surface area contributed by atoms with Crippen molar-refractivity contribution in [3.8, 4) is 10.8 Å². The second-order valence-electron chi connectivity index (χ2n) is 6.83. The van der Waals surface area contributed by atoms with Crippen LogP contribution < -0.4 is 10.1 Å². The Morgan fingerprint density at radius 2 is 1.93 bits per heavy atom. The third kappa shape index (κ3) is 4.08. The number of fused-ring (bicyclic) bond motifs is 3. The van der Waals surface area contributed by atoms with Gasteiger partial charge in [0, 0.05) is 18.2 Å². The first-order chi connectivity index (χ1) is 12.9. The lowest BCUT2D eigenvalue weighted by Gasteiger charge is -2.44. The second kappa shape index (κ2) is 7.12. The second-order valence-corrected chi connectivity index (χ2v) is 7.82. The van der Waals surface area contributed by atoms with Crippen LogP contribution in [0.1, 0.15) is 28.2 Å². The molecule has 1 N–H and O–H groups in total. The minimum atomic E-state index is -4.48. The maximum Gasteiger partial charge on any atom is 0.443 e. The fourth-order valence-corrected chi connectivity index (χ4v) is 4.26. The zero-order valence-electron chi connectivity index (χ0n) is 14.3. The Morgan fingerprint density at radius 3 is 2.48 bits per heavy atom. The van der Waals surface area contributed by atoms with Crippen LogP contribution >= 0.6 is 11.3 Å². The van der Waals surface area contributed by atoms with Crippen LogP contribution in [0, 0.1) is 5.92 Å². The minimum absolute atomic E-state index is 0.0480. The van der Waals surface area contributed by atoms with E-state index >= 15 is 0 Å². The van der Waals surface area contributed by atoms with Crippen LogP contribution in [0.15, 0.2) is 30.5 Å². The summed E-state index contributed by atoms with van der Waals surface area (Å²) >= 11 is 0.433. The molecular weight excluding hydrogens is 379 g/mol. The summed E-state index contributed by atoms with van der Waals surface area (Å²) in [6, 6.07) is 6.53. The predicted octanol–water partition coefficient (Wildman–Crippen LogP) is 3.78. The first-order valence-corrected chi connectivity index (χ1v) is 9.54. The van der Waals surface area contributed by atoms with Gasteiger partial charge in [0.15, 0.2) is 0 Å². The van der Waals surface area contributed by atoms with Crippen molar-refractivity contribution in [2.75, 3.05) is 19.6 Å². The van der Waals surface area contributed by atoms with Crippen molar-refractivity contribution in [1.29, 1.82) is 0 Å². The Labute approximate surface area is 158 Å². The monoisotopic (exact) mass is 397 g/mol. The van der Waals surface area contributed by atoms with Gasteiger partial charge in [-0.15, -0.1) is 0 Å². The molecule has 5 nitrogen and oxygen atoms in total. The molecule has 1 unspecified atom stereocenters. The van der Waals surface area contributed by atoms with Gasteiger partial charge in [0.1, 0.15) is 5.75 Å². The van der Waals surface area contributed by atoms with Gasteiger partial charge < -0.3 is 15.0 Å².